The van der Waals surface area contributed by atoms with Gasteiger partial charge in [-0.1, -0.05) is 49.5 Å². The molecule has 92 valence electrons. The summed E-state index contributed by atoms with van der Waals surface area (Å²) in [6.45, 7) is 6.03. The Labute approximate surface area is 108 Å². The first-order valence-electron chi connectivity index (χ1n) is 6.08. The van der Waals surface area contributed by atoms with Gasteiger partial charge in [0.15, 0.2) is 0 Å². The number of aryl methyl sites for hydroxylation is 1. The fraction of sp³-hybridized carbons (Fsp3) is 0.176. The lowest BCUT2D eigenvalue weighted by atomic mass is 10.1. The van der Waals surface area contributed by atoms with E-state index in [4.69, 9.17) is 0 Å². The minimum atomic E-state index is -0.254. The van der Waals surface area contributed by atoms with Crippen molar-refractivity contribution in [3.63, 3.8) is 0 Å². The maximum absolute atomic E-state index is 12.9. The van der Waals surface area contributed by atoms with Gasteiger partial charge in [0.05, 0.1) is 0 Å². The molecule has 0 N–H and O–H groups in total. The van der Waals surface area contributed by atoms with Crippen LogP contribution in [0.15, 0.2) is 48.5 Å². The predicted molar refractivity (Wildman–Crippen MR) is 74.9 cm³/mol. The molecule has 0 unspecified atom stereocenters. The molecule has 0 saturated heterocycles. The summed E-state index contributed by atoms with van der Waals surface area (Å²) < 4.78 is 12.9. The molecule has 2 aromatic carbocycles. The second kappa shape index (κ2) is 7.29. The Morgan fingerprint density at radius 3 is 2.06 bits per heavy atom. The summed E-state index contributed by atoms with van der Waals surface area (Å²) in [5.74, 6) is 5.68. The van der Waals surface area contributed by atoms with E-state index in [1.807, 2.05) is 45.0 Å². The molecule has 0 aromatic heterocycles. The molecule has 0 saturated carbocycles. The summed E-state index contributed by atoms with van der Waals surface area (Å²) in [6, 6.07) is 14.2. The summed E-state index contributed by atoms with van der Waals surface area (Å²) in [4.78, 5) is 0. The molecule has 0 atom stereocenters. The number of benzene rings is 2. The van der Waals surface area contributed by atoms with Crippen LogP contribution in [0.3, 0.4) is 0 Å². The molecule has 0 aliphatic rings. The summed E-state index contributed by atoms with van der Waals surface area (Å²) in [5, 5.41) is 0. The van der Waals surface area contributed by atoms with Crippen LogP contribution in [0.4, 0.5) is 4.39 Å². The normalized spacial score (nSPS) is 8.67. The second-order valence-electron chi connectivity index (χ2n) is 3.63. The van der Waals surface area contributed by atoms with Crippen molar-refractivity contribution in [3.8, 4) is 11.8 Å². The van der Waals surface area contributed by atoms with Crippen molar-refractivity contribution >= 4 is 0 Å². The van der Waals surface area contributed by atoms with Gasteiger partial charge in [0.2, 0.25) is 0 Å². The van der Waals surface area contributed by atoms with E-state index in [0.717, 1.165) is 5.56 Å². The van der Waals surface area contributed by atoms with Crippen LogP contribution in [0.1, 0.15) is 30.5 Å². The quantitative estimate of drug-likeness (QED) is 0.592. The molecular formula is C17H17F. The lowest BCUT2D eigenvalue weighted by Crippen LogP contribution is -1.78. The standard InChI is InChI=1S/C15H11F.C2H6/c1-12-5-7-13(8-6-12)9-10-14-3-2-4-15(16)11-14;1-2/h2-8,11H,1H3;1-2H3. The molecule has 0 fully saturated rings. The molecule has 1 heteroatoms. The third-order valence-electron chi connectivity index (χ3n) is 2.23. The smallest absolute Gasteiger partial charge is 0.124 e. The summed E-state index contributed by atoms with van der Waals surface area (Å²) in [6.07, 6.45) is 0. The number of rotatable bonds is 0. The first-order valence-corrected chi connectivity index (χ1v) is 6.08. The molecule has 0 nitrogen and oxygen atoms in total. The van der Waals surface area contributed by atoms with Gasteiger partial charge >= 0.3 is 0 Å². The number of hydrogen-bond acceptors (Lipinski definition) is 0. The van der Waals surface area contributed by atoms with Crippen LogP contribution in [0.5, 0.6) is 0 Å². The van der Waals surface area contributed by atoms with Crippen molar-refractivity contribution in [2.24, 2.45) is 0 Å². The molecule has 0 aliphatic heterocycles. The molecule has 0 bridgehead atoms. The lowest BCUT2D eigenvalue weighted by molar-refractivity contribution is 0.627. The summed E-state index contributed by atoms with van der Waals surface area (Å²) in [5.41, 5.74) is 2.84. The first kappa shape index (κ1) is 14.0. The van der Waals surface area contributed by atoms with E-state index in [1.165, 1.54) is 17.7 Å². The Hall–Kier alpha value is -2.07. The zero-order valence-corrected chi connectivity index (χ0v) is 11.0. The highest BCUT2D eigenvalue weighted by molar-refractivity contribution is 5.43. The van der Waals surface area contributed by atoms with E-state index < -0.39 is 0 Å². The van der Waals surface area contributed by atoms with E-state index in [2.05, 4.69) is 11.8 Å². The van der Waals surface area contributed by atoms with Gasteiger partial charge in [0.25, 0.3) is 0 Å². The highest BCUT2D eigenvalue weighted by Crippen LogP contribution is 2.04. The van der Waals surface area contributed by atoms with Gasteiger partial charge in [-0.3, -0.25) is 0 Å². The van der Waals surface area contributed by atoms with Gasteiger partial charge in [-0.25, -0.2) is 4.39 Å². The van der Waals surface area contributed by atoms with E-state index in [9.17, 15) is 4.39 Å². The second-order valence-corrected chi connectivity index (χ2v) is 3.63. The van der Waals surface area contributed by atoms with Crippen LogP contribution < -0.4 is 0 Å². The highest BCUT2D eigenvalue weighted by Gasteiger charge is 1.90. The topological polar surface area (TPSA) is 0 Å². The zero-order chi connectivity index (χ0) is 13.4. The van der Waals surface area contributed by atoms with Crippen molar-refractivity contribution in [2.75, 3.05) is 0 Å². The Bertz CT molecular complexity index is 542. The number of hydrogen-bond donors (Lipinski definition) is 0. The van der Waals surface area contributed by atoms with E-state index in [-0.39, 0.29) is 5.82 Å². The Kier molecular flexibility index (Phi) is 5.67. The van der Waals surface area contributed by atoms with Crippen LogP contribution in [0.2, 0.25) is 0 Å². The van der Waals surface area contributed by atoms with E-state index in [0.29, 0.717) is 5.56 Å². The average Bonchev–Trinajstić information content (AvgIpc) is 2.41. The van der Waals surface area contributed by atoms with Crippen molar-refractivity contribution < 1.29 is 4.39 Å². The fourth-order valence-corrected chi connectivity index (χ4v) is 1.35. The van der Waals surface area contributed by atoms with Crippen LogP contribution in [0, 0.1) is 24.6 Å². The van der Waals surface area contributed by atoms with Gasteiger partial charge in [-0.15, -0.1) is 0 Å². The summed E-state index contributed by atoms with van der Waals surface area (Å²) >= 11 is 0. The predicted octanol–water partition coefficient (Wildman–Crippen LogP) is 4.56. The molecule has 0 amide bonds. The minimum absolute atomic E-state index is 0.254. The van der Waals surface area contributed by atoms with Crippen molar-refractivity contribution in [1.29, 1.82) is 0 Å². The van der Waals surface area contributed by atoms with Gasteiger partial charge in [0, 0.05) is 11.1 Å². The summed E-state index contributed by atoms with van der Waals surface area (Å²) in [7, 11) is 0. The SMILES string of the molecule is CC.Cc1ccc(C#Cc2cccc(F)c2)cc1. The van der Waals surface area contributed by atoms with Crippen molar-refractivity contribution in [3.05, 3.63) is 71.0 Å². The van der Waals surface area contributed by atoms with Crippen molar-refractivity contribution in [2.45, 2.75) is 20.8 Å². The molecule has 0 radical (unpaired) electrons. The van der Waals surface area contributed by atoms with Gasteiger partial charge in [-0.2, -0.15) is 0 Å². The Morgan fingerprint density at radius 1 is 0.833 bits per heavy atom. The first-order chi connectivity index (χ1) is 8.74. The maximum atomic E-state index is 12.9. The molecule has 0 heterocycles. The van der Waals surface area contributed by atoms with Gasteiger partial charge < -0.3 is 0 Å². The maximum Gasteiger partial charge on any atom is 0.124 e. The molecule has 0 spiro atoms. The van der Waals surface area contributed by atoms with Crippen LogP contribution >= 0.6 is 0 Å². The monoisotopic (exact) mass is 240 g/mol. The Morgan fingerprint density at radius 2 is 1.44 bits per heavy atom. The fourth-order valence-electron chi connectivity index (χ4n) is 1.35. The highest BCUT2D eigenvalue weighted by atomic mass is 19.1. The van der Waals surface area contributed by atoms with Crippen LogP contribution in [-0.2, 0) is 0 Å². The van der Waals surface area contributed by atoms with E-state index >= 15 is 0 Å². The molecule has 2 aromatic rings. The average molecular weight is 240 g/mol. The third kappa shape index (κ3) is 4.43. The van der Waals surface area contributed by atoms with Crippen LogP contribution in [-0.4, -0.2) is 0 Å². The Balaban J connectivity index is 0.000000771. The molecule has 0 aliphatic carbocycles. The van der Waals surface area contributed by atoms with Gasteiger partial charge in [0.1, 0.15) is 5.82 Å². The minimum Gasteiger partial charge on any atom is -0.207 e. The molecule has 2 rings (SSSR count). The third-order valence-corrected chi connectivity index (χ3v) is 2.23. The van der Waals surface area contributed by atoms with Crippen LogP contribution in [0.25, 0.3) is 0 Å². The lowest BCUT2D eigenvalue weighted by Gasteiger charge is -1.92. The van der Waals surface area contributed by atoms with Gasteiger partial charge in [-0.05, 0) is 37.3 Å². The molecule has 18 heavy (non-hydrogen) atoms. The molecular weight excluding hydrogens is 223 g/mol. The number of halogens is 1. The largest absolute Gasteiger partial charge is 0.207 e. The zero-order valence-electron chi connectivity index (χ0n) is 11.0. The van der Waals surface area contributed by atoms with Crippen molar-refractivity contribution in [1.82, 2.24) is 0 Å². The van der Waals surface area contributed by atoms with E-state index in [1.54, 1.807) is 12.1 Å².